The molecule has 0 fully saturated rings. The molecule has 4 nitrogen and oxygen atoms in total. The quantitative estimate of drug-likeness (QED) is 0.473. The molecule has 0 aliphatic rings. The molecule has 0 spiro atoms. The highest BCUT2D eigenvalue weighted by atomic mass is 15.1. The smallest absolute Gasteiger partial charge is 0.111 e. The Labute approximate surface area is 145 Å². The van der Waals surface area contributed by atoms with Crippen LogP contribution in [-0.2, 0) is 0 Å². The molecular formula is C21H16N4. The Morgan fingerprint density at radius 1 is 0.720 bits per heavy atom. The summed E-state index contributed by atoms with van der Waals surface area (Å²) in [5.74, 6) is 0.972. The summed E-state index contributed by atoms with van der Waals surface area (Å²) in [6.07, 6.45) is 1.87. The second kappa shape index (κ2) is 5.31. The van der Waals surface area contributed by atoms with Gasteiger partial charge in [0.05, 0.1) is 22.1 Å². The van der Waals surface area contributed by atoms with E-state index in [9.17, 15) is 0 Å². The second-order valence-corrected chi connectivity index (χ2v) is 6.11. The number of hydrogen-bond acceptors (Lipinski definition) is 2. The summed E-state index contributed by atoms with van der Waals surface area (Å²) in [5.41, 5.74) is 6.31. The van der Waals surface area contributed by atoms with Crippen LogP contribution < -0.4 is 0 Å². The van der Waals surface area contributed by atoms with Crippen LogP contribution >= 0.6 is 0 Å². The molecule has 0 bridgehead atoms. The third-order valence-corrected chi connectivity index (χ3v) is 4.54. The first-order valence-corrected chi connectivity index (χ1v) is 8.28. The van der Waals surface area contributed by atoms with Crippen LogP contribution in [0.25, 0.3) is 33.4 Å². The van der Waals surface area contributed by atoms with Gasteiger partial charge in [-0.15, -0.1) is 0 Å². The van der Waals surface area contributed by atoms with Gasteiger partial charge in [0.25, 0.3) is 0 Å². The van der Waals surface area contributed by atoms with Gasteiger partial charge in [0.2, 0.25) is 0 Å². The minimum atomic E-state index is 0.953. The van der Waals surface area contributed by atoms with Crippen LogP contribution in [0.4, 0.5) is 0 Å². The fourth-order valence-corrected chi connectivity index (χ4v) is 3.40. The standard InChI is InChI=1S/C21H16N4/c1-15-23-19-12-18-20(24(14-22-18)16-8-4-2-5-9-16)13-21(19)25(15)17-10-6-3-7-11-17/h2-14H,1H3. The van der Waals surface area contributed by atoms with E-state index in [0.29, 0.717) is 0 Å². The first-order chi connectivity index (χ1) is 12.3. The Bertz CT molecular complexity index is 1180. The normalized spacial score (nSPS) is 11.4. The van der Waals surface area contributed by atoms with Gasteiger partial charge in [-0.3, -0.25) is 9.13 Å². The average Bonchev–Trinajstić information content (AvgIpc) is 3.20. The zero-order valence-electron chi connectivity index (χ0n) is 13.8. The first-order valence-electron chi connectivity index (χ1n) is 8.28. The Morgan fingerprint density at radius 2 is 1.40 bits per heavy atom. The third-order valence-electron chi connectivity index (χ3n) is 4.54. The van der Waals surface area contributed by atoms with Crippen LogP contribution in [-0.4, -0.2) is 19.1 Å². The number of aryl methyl sites for hydroxylation is 1. The van der Waals surface area contributed by atoms with Crippen molar-refractivity contribution in [1.29, 1.82) is 0 Å². The molecule has 5 rings (SSSR count). The maximum Gasteiger partial charge on any atom is 0.111 e. The van der Waals surface area contributed by atoms with Crippen LogP contribution in [0.15, 0.2) is 79.1 Å². The van der Waals surface area contributed by atoms with Gasteiger partial charge in [0.1, 0.15) is 12.2 Å². The van der Waals surface area contributed by atoms with Crippen LogP contribution in [0.1, 0.15) is 5.82 Å². The largest absolute Gasteiger partial charge is 0.299 e. The van der Waals surface area contributed by atoms with Crippen molar-refractivity contribution < 1.29 is 0 Å². The number of aromatic nitrogens is 4. The second-order valence-electron chi connectivity index (χ2n) is 6.11. The number of benzene rings is 3. The van der Waals surface area contributed by atoms with Gasteiger partial charge in [0, 0.05) is 11.4 Å². The van der Waals surface area contributed by atoms with Crippen molar-refractivity contribution >= 4 is 22.1 Å². The monoisotopic (exact) mass is 324 g/mol. The average molecular weight is 324 g/mol. The lowest BCUT2D eigenvalue weighted by atomic mass is 10.2. The van der Waals surface area contributed by atoms with E-state index in [2.05, 4.69) is 50.5 Å². The predicted molar refractivity (Wildman–Crippen MR) is 100 cm³/mol. The molecule has 0 unspecified atom stereocenters. The fraction of sp³-hybridized carbons (Fsp3) is 0.0476. The maximum atomic E-state index is 4.74. The highest BCUT2D eigenvalue weighted by Crippen LogP contribution is 2.27. The molecule has 0 saturated carbocycles. The molecule has 2 heterocycles. The molecular weight excluding hydrogens is 308 g/mol. The molecule has 0 N–H and O–H groups in total. The number of imidazole rings is 2. The van der Waals surface area contributed by atoms with Crippen molar-refractivity contribution in [2.45, 2.75) is 6.92 Å². The molecule has 0 amide bonds. The Hall–Kier alpha value is -3.40. The van der Waals surface area contributed by atoms with Gasteiger partial charge in [-0.2, -0.15) is 0 Å². The van der Waals surface area contributed by atoms with Crippen molar-refractivity contribution in [1.82, 2.24) is 19.1 Å². The molecule has 4 heteroatoms. The molecule has 3 aromatic carbocycles. The predicted octanol–water partition coefficient (Wildman–Crippen LogP) is 4.67. The molecule has 0 radical (unpaired) electrons. The van der Waals surface area contributed by atoms with Crippen LogP contribution in [0.3, 0.4) is 0 Å². The highest BCUT2D eigenvalue weighted by molar-refractivity contribution is 5.93. The number of fused-ring (bicyclic) bond motifs is 2. The van der Waals surface area contributed by atoms with E-state index in [-0.39, 0.29) is 0 Å². The van der Waals surface area contributed by atoms with E-state index in [1.54, 1.807) is 0 Å². The molecule has 0 aliphatic carbocycles. The number of nitrogens with zero attached hydrogens (tertiary/aromatic N) is 4. The summed E-state index contributed by atoms with van der Waals surface area (Å²) in [5, 5.41) is 0. The van der Waals surface area contributed by atoms with Crippen LogP contribution in [0.5, 0.6) is 0 Å². The topological polar surface area (TPSA) is 35.6 Å². The summed E-state index contributed by atoms with van der Waals surface area (Å²) in [4.78, 5) is 9.31. The summed E-state index contributed by atoms with van der Waals surface area (Å²) in [6.45, 7) is 2.04. The molecule has 0 aliphatic heterocycles. The van der Waals surface area contributed by atoms with E-state index < -0.39 is 0 Å². The van der Waals surface area contributed by atoms with E-state index in [4.69, 9.17) is 4.98 Å². The number of hydrogen-bond donors (Lipinski definition) is 0. The summed E-state index contributed by atoms with van der Waals surface area (Å²) < 4.78 is 4.31. The molecule has 5 aromatic rings. The van der Waals surface area contributed by atoms with Gasteiger partial charge in [0.15, 0.2) is 0 Å². The lowest BCUT2D eigenvalue weighted by molar-refractivity contribution is 1.00. The van der Waals surface area contributed by atoms with Crippen LogP contribution in [0.2, 0.25) is 0 Å². The molecule has 0 saturated heterocycles. The Morgan fingerprint density at radius 3 is 2.12 bits per heavy atom. The van der Waals surface area contributed by atoms with Crippen molar-refractivity contribution in [3.05, 3.63) is 84.9 Å². The number of para-hydroxylation sites is 2. The minimum Gasteiger partial charge on any atom is -0.299 e. The highest BCUT2D eigenvalue weighted by Gasteiger charge is 2.13. The van der Waals surface area contributed by atoms with Gasteiger partial charge in [-0.1, -0.05) is 36.4 Å². The van der Waals surface area contributed by atoms with Gasteiger partial charge < -0.3 is 0 Å². The number of rotatable bonds is 2. The molecule has 2 aromatic heterocycles. The first kappa shape index (κ1) is 14.0. The summed E-state index contributed by atoms with van der Waals surface area (Å²) >= 11 is 0. The Balaban J connectivity index is 1.82. The fourth-order valence-electron chi connectivity index (χ4n) is 3.40. The van der Waals surface area contributed by atoms with E-state index in [0.717, 1.165) is 39.3 Å². The third kappa shape index (κ3) is 2.15. The van der Waals surface area contributed by atoms with Gasteiger partial charge in [-0.05, 0) is 43.3 Å². The van der Waals surface area contributed by atoms with E-state index >= 15 is 0 Å². The van der Waals surface area contributed by atoms with Crippen LogP contribution in [0, 0.1) is 6.92 Å². The van der Waals surface area contributed by atoms with Crippen molar-refractivity contribution in [3.63, 3.8) is 0 Å². The molecule has 25 heavy (non-hydrogen) atoms. The lowest BCUT2D eigenvalue weighted by Gasteiger charge is -2.07. The molecule has 120 valence electrons. The maximum absolute atomic E-state index is 4.74. The van der Waals surface area contributed by atoms with Gasteiger partial charge in [-0.25, -0.2) is 9.97 Å². The summed E-state index contributed by atoms with van der Waals surface area (Å²) in [7, 11) is 0. The zero-order valence-corrected chi connectivity index (χ0v) is 13.8. The minimum absolute atomic E-state index is 0.953. The Kier molecular flexibility index (Phi) is 2.97. The van der Waals surface area contributed by atoms with Crippen molar-refractivity contribution in [3.8, 4) is 11.4 Å². The van der Waals surface area contributed by atoms with Gasteiger partial charge >= 0.3 is 0 Å². The van der Waals surface area contributed by atoms with E-state index in [1.807, 2.05) is 49.6 Å². The van der Waals surface area contributed by atoms with Crippen molar-refractivity contribution in [2.24, 2.45) is 0 Å². The molecule has 0 atom stereocenters. The lowest BCUT2D eigenvalue weighted by Crippen LogP contribution is -1.96. The van der Waals surface area contributed by atoms with E-state index in [1.165, 1.54) is 0 Å². The summed E-state index contributed by atoms with van der Waals surface area (Å²) in [6, 6.07) is 24.9. The SMILES string of the molecule is Cc1nc2cc3ncn(-c4ccccc4)c3cc2n1-c1ccccc1. The zero-order chi connectivity index (χ0) is 16.8. The van der Waals surface area contributed by atoms with Crippen molar-refractivity contribution in [2.75, 3.05) is 0 Å².